The van der Waals surface area contributed by atoms with E-state index in [1.54, 1.807) is 0 Å². The lowest BCUT2D eigenvalue weighted by Crippen LogP contribution is -2.18. The Hall–Kier alpha value is -1.86. The molecule has 0 amide bonds. The molecule has 0 fully saturated rings. The van der Waals surface area contributed by atoms with Crippen LogP contribution in [0.1, 0.15) is 5.56 Å². The zero-order valence-electron chi connectivity index (χ0n) is 9.88. The van der Waals surface area contributed by atoms with Gasteiger partial charge in [0.1, 0.15) is 5.75 Å². The van der Waals surface area contributed by atoms with Gasteiger partial charge in [-0.2, -0.15) is 0 Å². The SMILES string of the molecule is CNS(=O)(=O)c1ccc(OC)c(C=CC(=O)O)c1. The second kappa shape index (κ2) is 5.65. The molecule has 0 radical (unpaired) electrons. The summed E-state index contributed by atoms with van der Waals surface area (Å²) in [5.41, 5.74) is 0.372. The number of benzene rings is 1. The number of nitrogens with one attached hydrogen (secondary N) is 1. The summed E-state index contributed by atoms with van der Waals surface area (Å²) >= 11 is 0. The minimum absolute atomic E-state index is 0.0378. The molecule has 0 unspecified atom stereocenters. The number of methoxy groups -OCH3 is 1. The maximum atomic E-state index is 11.6. The topological polar surface area (TPSA) is 92.7 Å². The number of ether oxygens (including phenoxy) is 1. The number of carbonyl (C=O) groups is 1. The first-order chi connectivity index (χ1) is 8.40. The molecule has 0 aliphatic rings. The summed E-state index contributed by atoms with van der Waals surface area (Å²) in [5, 5.41) is 8.56. The van der Waals surface area contributed by atoms with Crippen molar-refractivity contribution in [1.82, 2.24) is 4.72 Å². The van der Waals surface area contributed by atoms with Crippen LogP contribution in [0.15, 0.2) is 29.2 Å². The number of hydrogen-bond acceptors (Lipinski definition) is 4. The number of aliphatic carboxylic acids is 1. The molecule has 1 aromatic rings. The van der Waals surface area contributed by atoms with E-state index in [0.717, 1.165) is 6.08 Å². The Kier molecular flexibility index (Phi) is 4.46. The highest BCUT2D eigenvalue weighted by Crippen LogP contribution is 2.23. The van der Waals surface area contributed by atoms with Crippen LogP contribution in [-0.2, 0) is 14.8 Å². The van der Waals surface area contributed by atoms with Gasteiger partial charge in [0.05, 0.1) is 12.0 Å². The van der Waals surface area contributed by atoms with Gasteiger partial charge in [0.25, 0.3) is 0 Å². The monoisotopic (exact) mass is 271 g/mol. The van der Waals surface area contributed by atoms with E-state index >= 15 is 0 Å². The van der Waals surface area contributed by atoms with Crippen molar-refractivity contribution >= 4 is 22.1 Å². The maximum Gasteiger partial charge on any atom is 0.328 e. The molecule has 0 spiro atoms. The molecule has 6 nitrogen and oxygen atoms in total. The first-order valence-electron chi connectivity index (χ1n) is 4.93. The number of sulfonamides is 1. The molecule has 1 rings (SSSR count). The summed E-state index contributed by atoms with van der Waals surface area (Å²) in [6.07, 6.45) is 2.18. The van der Waals surface area contributed by atoms with Gasteiger partial charge in [-0.05, 0) is 31.3 Å². The molecule has 18 heavy (non-hydrogen) atoms. The zero-order chi connectivity index (χ0) is 13.8. The largest absolute Gasteiger partial charge is 0.496 e. The van der Waals surface area contributed by atoms with Gasteiger partial charge in [0.2, 0.25) is 10.0 Å². The Balaban J connectivity index is 3.30. The lowest BCUT2D eigenvalue weighted by Gasteiger charge is -2.08. The van der Waals surface area contributed by atoms with Crippen molar-refractivity contribution in [2.75, 3.05) is 14.2 Å². The van der Waals surface area contributed by atoms with Crippen LogP contribution in [0, 0.1) is 0 Å². The minimum Gasteiger partial charge on any atom is -0.496 e. The quantitative estimate of drug-likeness (QED) is 0.769. The fourth-order valence-electron chi connectivity index (χ4n) is 1.29. The van der Waals surface area contributed by atoms with Gasteiger partial charge in [-0.15, -0.1) is 0 Å². The molecule has 0 saturated carbocycles. The lowest BCUT2D eigenvalue weighted by molar-refractivity contribution is -0.131. The summed E-state index contributed by atoms with van der Waals surface area (Å²) in [6, 6.07) is 4.18. The Morgan fingerprint density at radius 1 is 1.44 bits per heavy atom. The third kappa shape index (κ3) is 3.31. The second-order valence-electron chi connectivity index (χ2n) is 3.28. The van der Waals surface area contributed by atoms with E-state index in [2.05, 4.69) is 4.72 Å². The molecule has 7 heteroatoms. The Morgan fingerprint density at radius 3 is 2.61 bits per heavy atom. The van der Waals surface area contributed by atoms with E-state index in [0.29, 0.717) is 11.3 Å². The highest BCUT2D eigenvalue weighted by molar-refractivity contribution is 7.89. The van der Waals surface area contributed by atoms with Gasteiger partial charge < -0.3 is 9.84 Å². The standard InChI is InChI=1S/C11H13NO5S/c1-12-18(15,16)9-4-5-10(17-2)8(7-9)3-6-11(13)14/h3-7,12H,1-2H3,(H,13,14). The molecule has 0 aromatic heterocycles. The Morgan fingerprint density at radius 2 is 2.11 bits per heavy atom. The Labute approximate surface area is 105 Å². The van der Waals surface area contributed by atoms with Gasteiger partial charge in [-0.25, -0.2) is 17.9 Å². The predicted octanol–water partition coefficient (Wildman–Crippen LogP) is 0.701. The molecular weight excluding hydrogens is 258 g/mol. The fourth-order valence-corrected chi connectivity index (χ4v) is 2.05. The molecule has 0 atom stereocenters. The van der Waals surface area contributed by atoms with Crippen LogP contribution in [0.4, 0.5) is 0 Å². The fraction of sp³-hybridized carbons (Fsp3) is 0.182. The first kappa shape index (κ1) is 14.2. The van der Waals surface area contributed by atoms with Gasteiger partial charge in [-0.3, -0.25) is 0 Å². The smallest absolute Gasteiger partial charge is 0.328 e. The minimum atomic E-state index is -3.57. The molecule has 0 aliphatic carbocycles. The molecule has 98 valence electrons. The van der Waals surface area contributed by atoms with E-state index in [1.807, 2.05) is 0 Å². The van der Waals surface area contributed by atoms with E-state index in [4.69, 9.17) is 9.84 Å². The highest BCUT2D eigenvalue weighted by atomic mass is 32.2. The number of carboxylic acid groups (broad SMARTS) is 1. The summed E-state index contributed by atoms with van der Waals surface area (Å²) < 4.78 is 30.4. The average Bonchev–Trinajstić information content (AvgIpc) is 2.35. The number of rotatable bonds is 5. The van der Waals surface area contributed by atoms with Crippen molar-refractivity contribution in [2.45, 2.75) is 4.90 Å². The predicted molar refractivity (Wildman–Crippen MR) is 65.9 cm³/mol. The summed E-state index contributed by atoms with van der Waals surface area (Å²) in [7, 11) is -0.857. The summed E-state index contributed by atoms with van der Waals surface area (Å²) in [6.45, 7) is 0. The van der Waals surface area contributed by atoms with Crippen molar-refractivity contribution in [3.63, 3.8) is 0 Å². The van der Waals surface area contributed by atoms with Gasteiger partial charge >= 0.3 is 5.97 Å². The van der Waals surface area contributed by atoms with Crippen LogP contribution in [0.25, 0.3) is 6.08 Å². The lowest BCUT2D eigenvalue weighted by atomic mass is 10.2. The third-order valence-corrected chi connectivity index (χ3v) is 3.60. The molecule has 0 bridgehead atoms. The van der Waals surface area contributed by atoms with Gasteiger partial charge in [-0.1, -0.05) is 0 Å². The third-order valence-electron chi connectivity index (χ3n) is 2.19. The first-order valence-corrected chi connectivity index (χ1v) is 6.41. The Bertz CT molecular complexity index is 577. The highest BCUT2D eigenvalue weighted by Gasteiger charge is 2.13. The molecular formula is C11H13NO5S. The molecule has 0 saturated heterocycles. The van der Waals surface area contributed by atoms with Crippen LogP contribution < -0.4 is 9.46 Å². The van der Waals surface area contributed by atoms with E-state index in [-0.39, 0.29) is 4.90 Å². The molecule has 0 aliphatic heterocycles. The van der Waals surface area contributed by atoms with Crippen LogP contribution in [0.3, 0.4) is 0 Å². The van der Waals surface area contributed by atoms with Crippen molar-refractivity contribution in [2.24, 2.45) is 0 Å². The van der Waals surface area contributed by atoms with Crippen molar-refractivity contribution in [1.29, 1.82) is 0 Å². The van der Waals surface area contributed by atoms with Crippen molar-refractivity contribution in [3.05, 3.63) is 29.8 Å². The molecule has 2 N–H and O–H groups in total. The van der Waals surface area contributed by atoms with E-state index in [1.165, 1.54) is 38.4 Å². The average molecular weight is 271 g/mol. The normalized spacial score (nSPS) is 11.7. The van der Waals surface area contributed by atoms with Gasteiger partial charge in [0, 0.05) is 11.6 Å². The summed E-state index contributed by atoms with van der Waals surface area (Å²) in [5.74, 6) is -0.735. The molecule has 1 aromatic carbocycles. The van der Waals surface area contributed by atoms with E-state index < -0.39 is 16.0 Å². The van der Waals surface area contributed by atoms with Crippen LogP contribution >= 0.6 is 0 Å². The maximum absolute atomic E-state index is 11.6. The van der Waals surface area contributed by atoms with Gasteiger partial charge in [0.15, 0.2) is 0 Å². The number of carboxylic acids is 1. The van der Waals surface area contributed by atoms with Crippen molar-refractivity contribution < 1.29 is 23.1 Å². The van der Waals surface area contributed by atoms with Crippen LogP contribution in [0.2, 0.25) is 0 Å². The van der Waals surface area contributed by atoms with E-state index in [9.17, 15) is 13.2 Å². The van der Waals surface area contributed by atoms with Crippen LogP contribution in [-0.4, -0.2) is 33.7 Å². The number of hydrogen-bond donors (Lipinski definition) is 2. The zero-order valence-corrected chi connectivity index (χ0v) is 10.7. The van der Waals surface area contributed by atoms with Crippen LogP contribution in [0.5, 0.6) is 5.75 Å². The second-order valence-corrected chi connectivity index (χ2v) is 5.17. The summed E-state index contributed by atoms with van der Waals surface area (Å²) in [4.78, 5) is 10.5. The molecule has 0 heterocycles. The van der Waals surface area contributed by atoms with Crippen molar-refractivity contribution in [3.8, 4) is 5.75 Å².